The molecule has 0 saturated carbocycles. The van der Waals surface area contributed by atoms with Crippen LogP contribution in [-0.2, 0) is 20.0 Å². The fourth-order valence-electron chi connectivity index (χ4n) is 1.15. The van der Waals surface area contributed by atoms with Crippen LogP contribution >= 0.6 is 12.6 Å². The number of thiol groups is 1. The number of alkyl halides is 5. The molecule has 0 aliphatic rings. The van der Waals surface area contributed by atoms with E-state index in [1.54, 1.807) is 0 Å². The molecule has 0 radical (unpaired) electrons. The largest absolute Gasteiger partial charge is 0.517 e. The van der Waals surface area contributed by atoms with Crippen LogP contribution in [0.25, 0.3) is 0 Å². The molecule has 0 atom stereocenters. The van der Waals surface area contributed by atoms with Crippen LogP contribution in [0.15, 0.2) is 30.3 Å². The van der Waals surface area contributed by atoms with Gasteiger partial charge in [-0.15, -0.1) is 0 Å². The molecular weight excluding hydrogens is 365 g/mol. The SMILES string of the molecule is O=S(=O)(N(c1ccccc1)S(=O)(=O)C(F)(F)S)C(F)(F)F. The lowest BCUT2D eigenvalue weighted by atomic mass is 10.3. The van der Waals surface area contributed by atoms with Crippen LogP contribution < -0.4 is 3.71 Å². The van der Waals surface area contributed by atoms with E-state index in [-0.39, 0.29) is 0 Å². The molecule has 0 unspecified atom stereocenters. The average molecular weight is 371 g/mol. The third-order valence-corrected chi connectivity index (χ3v) is 6.38. The van der Waals surface area contributed by atoms with E-state index in [2.05, 4.69) is 12.6 Å². The van der Waals surface area contributed by atoms with Crippen LogP contribution in [0.3, 0.4) is 0 Å². The molecule has 1 rings (SSSR count). The van der Waals surface area contributed by atoms with Crippen molar-refractivity contribution in [3.8, 4) is 0 Å². The molecule has 1 aromatic carbocycles. The molecule has 0 fully saturated rings. The highest BCUT2D eigenvalue weighted by Gasteiger charge is 2.59. The summed E-state index contributed by atoms with van der Waals surface area (Å²) < 4.78 is 103. The summed E-state index contributed by atoms with van der Waals surface area (Å²) in [6.45, 7) is 0. The summed E-state index contributed by atoms with van der Waals surface area (Å²) in [7, 11) is -12.9. The van der Waals surface area contributed by atoms with Gasteiger partial charge in [0.25, 0.3) is 0 Å². The molecule has 21 heavy (non-hydrogen) atoms. The van der Waals surface area contributed by atoms with Crippen molar-refractivity contribution in [1.29, 1.82) is 0 Å². The van der Waals surface area contributed by atoms with Gasteiger partial charge in [-0.1, -0.05) is 30.8 Å². The van der Waals surface area contributed by atoms with Gasteiger partial charge in [-0.05, 0) is 12.1 Å². The van der Waals surface area contributed by atoms with Crippen molar-refractivity contribution in [2.24, 2.45) is 0 Å². The Hall–Kier alpha value is -1.08. The predicted octanol–water partition coefficient (Wildman–Crippen LogP) is 2.15. The fraction of sp³-hybridized carbons (Fsp3) is 0.250. The standard InChI is InChI=1S/C8H6F5NO4S3/c9-7(10,11)20(15,16)14(6-4-2-1-3-5-6)21(17,18)8(12,13)19/h1-5,19H. The first-order chi connectivity index (χ1) is 9.23. The van der Waals surface area contributed by atoms with Crippen LogP contribution in [0.1, 0.15) is 0 Å². The van der Waals surface area contributed by atoms with Crippen molar-refractivity contribution < 1.29 is 38.8 Å². The molecule has 0 aliphatic carbocycles. The number of hydrogen-bond donors (Lipinski definition) is 1. The summed E-state index contributed by atoms with van der Waals surface area (Å²) in [5, 5.41) is 0. The molecule has 0 heterocycles. The van der Waals surface area contributed by atoms with Gasteiger partial charge in [-0.25, -0.2) is 0 Å². The molecule has 0 aromatic heterocycles. The quantitative estimate of drug-likeness (QED) is 0.650. The number of rotatable bonds is 4. The van der Waals surface area contributed by atoms with Crippen molar-refractivity contribution >= 4 is 38.4 Å². The second kappa shape index (κ2) is 5.28. The Morgan fingerprint density at radius 3 is 1.62 bits per heavy atom. The van der Waals surface area contributed by atoms with E-state index in [9.17, 15) is 38.8 Å². The summed E-state index contributed by atoms with van der Waals surface area (Å²) in [6.07, 6.45) is 0. The van der Waals surface area contributed by atoms with Crippen LogP contribution in [0, 0.1) is 0 Å². The van der Waals surface area contributed by atoms with Crippen molar-refractivity contribution in [1.82, 2.24) is 0 Å². The first-order valence-electron chi connectivity index (χ1n) is 4.74. The van der Waals surface area contributed by atoms with Crippen LogP contribution in [-0.4, -0.2) is 26.9 Å². The van der Waals surface area contributed by atoms with Gasteiger partial charge >= 0.3 is 30.1 Å². The summed E-state index contributed by atoms with van der Waals surface area (Å²) in [5.74, 6) is 0. The number of para-hydroxylation sites is 1. The van der Waals surface area contributed by atoms with E-state index in [1.165, 1.54) is 6.07 Å². The zero-order chi connectivity index (χ0) is 16.7. The minimum absolute atomic E-state index is 0.611. The maximum absolute atomic E-state index is 13.0. The van der Waals surface area contributed by atoms with Crippen LogP contribution in [0.5, 0.6) is 0 Å². The molecule has 0 saturated heterocycles. The third-order valence-electron chi connectivity index (χ3n) is 2.01. The molecule has 0 spiro atoms. The van der Waals surface area contributed by atoms with E-state index < -0.39 is 39.5 Å². The van der Waals surface area contributed by atoms with Gasteiger partial charge in [0.1, 0.15) is 0 Å². The predicted molar refractivity (Wildman–Crippen MR) is 66.7 cm³/mol. The number of hydrogen-bond acceptors (Lipinski definition) is 5. The Kier molecular flexibility index (Phi) is 4.52. The molecule has 5 nitrogen and oxygen atoms in total. The number of benzene rings is 1. The number of halogens is 5. The summed E-state index contributed by atoms with van der Waals surface area (Å²) >= 11 is 2.36. The van der Waals surface area contributed by atoms with Crippen LogP contribution in [0.4, 0.5) is 27.6 Å². The van der Waals surface area contributed by atoms with Crippen molar-refractivity contribution in [2.75, 3.05) is 3.71 Å². The van der Waals surface area contributed by atoms with Gasteiger partial charge in [0.15, 0.2) is 0 Å². The van der Waals surface area contributed by atoms with Gasteiger partial charge in [-0.2, -0.15) is 42.5 Å². The van der Waals surface area contributed by atoms with E-state index in [0.717, 1.165) is 12.1 Å². The van der Waals surface area contributed by atoms with Crippen molar-refractivity contribution in [3.63, 3.8) is 0 Å². The minimum atomic E-state index is -6.62. The monoisotopic (exact) mass is 371 g/mol. The Balaban J connectivity index is 3.72. The van der Waals surface area contributed by atoms with E-state index in [1.807, 2.05) is 0 Å². The highest BCUT2D eigenvalue weighted by atomic mass is 32.3. The van der Waals surface area contributed by atoms with E-state index in [0.29, 0.717) is 12.1 Å². The lowest BCUT2D eigenvalue weighted by Crippen LogP contribution is -2.49. The molecule has 0 amide bonds. The molecular formula is C8H6F5NO4S3. The van der Waals surface area contributed by atoms with Crippen LogP contribution in [0.2, 0.25) is 0 Å². The lowest BCUT2D eigenvalue weighted by molar-refractivity contribution is -0.0434. The maximum atomic E-state index is 13.0. The van der Waals surface area contributed by atoms with E-state index in [4.69, 9.17) is 0 Å². The van der Waals surface area contributed by atoms with Gasteiger partial charge in [-0.3, -0.25) is 0 Å². The fourth-order valence-corrected chi connectivity index (χ4v) is 4.31. The van der Waals surface area contributed by atoms with Gasteiger partial charge in [0, 0.05) is 0 Å². The molecule has 120 valence electrons. The first-order valence-corrected chi connectivity index (χ1v) is 8.07. The lowest BCUT2D eigenvalue weighted by Gasteiger charge is -2.26. The third kappa shape index (κ3) is 3.23. The topological polar surface area (TPSA) is 71.5 Å². The Morgan fingerprint density at radius 2 is 1.29 bits per heavy atom. The van der Waals surface area contributed by atoms with Gasteiger partial charge < -0.3 is 0 Å². The Labute approximate surface area is 121 Å². The molecule has 0 bridgehead atoms. The zero-order valence-corrected chi connectivity index (χ0v) is 12.1. The average Bonchev–Trinajstić information content (AvgIpc) is 2.26. The second-order valence-electron chi connectivity index (χ2n) is 3.47. The molecule has 1 aromatic rings. The van der Waals surface area contributed by atoms with Gasteiger partial charge in [0.05, 0.1) is 5.69 Å². The highest BCUT2D eigenvalue weighted by Crippen LogP contribution is 2.39. The van der Waals surface area contributed by atoms with Crippen molar-refractivity contribution in [3.05, 3.63) is 30.3 Å². The van der Waals surface area contributed by atoms with Gasteiger partial charge in [0.2, 0.25) is 0 Å². The zero-order valence-electron chi connectivity index (χ0n) is 9.62. The Bertz CT molecular complexity index is 665. The van der Waals surface area contributed by atoms with E-state index >= 15 is 0 Å². The smallest absolute Gasteiger partial charge is 0.198 e. The molecule has 13 heteroatoms. The number of anilines is 1. The number of sulfonamides is 2. The minimum Gasteiger partial charge on any atom is -0.198 e. The molecule has 0 aliphatic heterocycles. The molecule has 0 N–H and O–H groups in total. The Morgan fingerprint density at radius 1 is 0.857 bits per heavy atom. The summed E-state index contributed by atoms with van der Waals surface area (Å²) in [5.41, 5.74) is -7.22. The normalized spacial score (nSPS) is 14.0. The van der Waals surface area contributed by atoms with Crippen molar-refractivity contribution in [2.45, 2.75) is 10.1 Å². The second-order valence-corrected chi connectivity index (χ2v) is 8.18. The number of nitrogens with zero attached hydrogens (tertiary/aromatic N) is 1. The highest BCUT2D eigenvalue weighted by molar-refractivity contribution is 8.15. The first kappa shape index (κ1) is 18.0. The summed E-state index contributed by atoms with van der Waals surface area (Å²) in [6, 6.07) is 4.38. The maximum Gasteiger partial charge on any atom is 0.517 e. The summed E-state index contributed by atoms with van der Waals surface area (Å²) in [4.78, 5) is 0.